The molecule has 0 unspecified atom stereocenters. The Morgan fingerprint density at radius 2 is 1.83 bits per heavy atom. The van der Waals surface area contributed by atoms with Crippen LogP contribution in [0.15, 0.2) is 35.9 Å². The van der Waals surface area contributed by atoms with Gasteiger partial charge in [-0.1, -0.05) is 42.0 Å². The van der Waals surface area contributed by atoms with Crippen LogP contribution in [0.4, 0.5) is 4.79 Å². The van der Waals surface area contributed by atoms with Crippen molar-refractivity contribution in [3.8, 4) is 0 Å². The predicted octanol–water partition coefficient (Wildman–Crippen LogP) is 3.40. The maximum Gasteiger partial charge on any atom is 0.407 e. The van der Waals surface area contributed by atoms with Crippen LogP contribution >= 0.6 is 0 Å². The fourth-order valence-corrected chi connectivity index (χ4v) is 4.36. The zero-order valence-electron chi connectivity index (χ0n) is 17.8. The number of hydrogen-bond donors (Lipinski definition) is 1. The van der Waals surface area contributed by atoms with Crippen molar-refractivity contribution in [2.24, 2.45) is 5.92 Å². The number of hydrogen-bond acceptors (Lipinski definition) is 3. The minimum absolute atomic E-state index is 0.0767. The molecular weight excluding hydrogens is 366 g/mol. The van der Waals surface area contributed by atoms with E-state index in [1.54, 1.807) is 23.9 Å². The van der Waals surface area contributed by atoms with Crippen LogP contribution in [0.2, 0.25) is 0 Å². The van der Waals surface area contributed by atoms with E-state index in [0.29, 0.717) is 12.3 Å². The van der Waals surface area contributed by atoms with Gasteiger partial charge in [-0.3, -0.25) is 4.79 Å². The SMILES string of the molecule is C/C(=C\c1ccccc1)[C@@H]1C[C@H]1N(C(=O)O)C1CCN(CCC(=O)N(C)C)CC1. The van der Waals surface area contributed by atoms with Gasteiger partial charge in [-0.15, -0.1) is 0 Å². The quantitative estimate of drug-likeness (QED) is 0.763. The number of benzene rings is 1. The smallest absolute Gasteiger partial charge is 0.407 e. The Morgan fingerprint density at radius 1 is 1.17 bits per heavy atom. The number of nitrogens with zero attached hydrogens (tertiary/aromatic N) is 3. The normalized spacial score (nSPS) is 22.9. The molecule has 29 heavy (non-hydrogen) atoms. The van der Waals surface area contributed by atoms with Crippen LogP contribution in [0.25, 0.3) is 6.08 Å². The van der Waals surface area contributed by atoms with Crippen molar-refractivity contribution >= 4 is 18.1 Å². The largest absolute Gasteiger partial charge is 0.465 e. The molecule has 1 N–H and O–H groups in total. The van der Waals surface area contributed by atoms with Crippen molar-refractivity contribution in [1.82, 2.24) is 14.7 Å². The summed E-state index contributed by atoms with van der Waals surface area (Å²) < 4.78 is 0. The minimum atomic E-state index is -0.800. The molecular formula is C23H33N3O3. The van der Waals surface area contributed by atoms with Gasteiger partial charge in [-0.2, -0.15) is 0 Å². The molecule has 0 bridgehead atoms. The summed E-state index contributed by atoms with van der Waals surface area (Å²) in [7, 11) is 3.55. The molecule has 0 spiro atoms. The number of piperidine rings is 1. The van der Waals surface area contributed by atoms with Crippen LogP contribution in [-0.2, 0) is 4.79 Å². The molecule has 1 aromatic rings. The summed E-state index contributed by atoms with van der Waals surface area (Å²) in [5.74, 6) is 0.461. The Bertz CT molecular complexity index is 739. The van der Waals surface area contributed by atoms with E-state index in [-0.39, 0.29) is 18.0 Å². The molecule has 1 aliphatic heterocycles. The Labute approximate surface area is 173 Å². The summed E-state index contributed by atoms with van der Waals surface area (Å²) in [5.41, 5.74) is 2.42. The number of carbonyl (C=O) groups is 2. The molecule has 1 aromatic carbocycles. The fourth-order valence-electron chi connectivity index (χ4n) is 4.36. The third-order valence-corrected chi connectivity index (χ3v) is 6.20. The monoisotopic (exact) mass is 399 g/mol. The number of likely N-dealkylation sites (tertiary alicyclic amines) is 1. The Hall–Kier alpha value is -2.34. The summed E-state index contributed by atoms with van der Waals surface area (Å²) in [6.45, 7) is 4.57. The molecule has 1 heterocycles. The second-order valence-corrected chi connectivity index (χ2v) is 8.51. The summed E-state index contributed by atoms with van der Waals surface area (Å²) in [6.07, 6.45) is 4.49. The first-order chi connectivity index (χ1) is 13.9. The first kappa shape index (κ1) is 21.4. The van der Waals surface area contributed by atoms with Gasteiger partial charge >= 0.3 is 6.09 Å². The van der Waals surface area contributed by atoms with Gasteiger partial charge in [0.1, 0.15) is 0 Å². The standard InChI is InChI=1S/C23H33N3O3/c1-17(15-18-7-5-4-6-8-18)20-16-21(20)26(23(28)29)19-9-12-25(13-10-19)14-11-22(27)24(2)3/h4-8,15,19-21H,9-14,16H2,1-3H3,(H,28,29)/b17-15+/t20-,21+/m0/s1. The topological polar surface area (TPSA) is 64.1 Å². The second kappa shape index (κ2) is 9.44. The van der Waals surface area contributed by atoms with Crippen LogP contribution < -0.4 is 0 Å². The summed E-state index contributed by atoms with van der Waals surface area (Å²) >= 11 is 0. The average molecular weight is 400 g/mol. The van der Waals surface area contributed by atoms with Gasteiger partial charge < -0.3 is 19.8 Å². The molecule has 0 aromatic heterocycles. The zero-order chi connectivity index (χ0) is 21.0. The highest BCUT2D eigenvalue weighted by Crippen LogP contribution is 2.44. The van der Waals surface area contributed by atoms with E-state index in [4.69, 9.17) is 0 Å². The number of carboxylic acid groups (broad SMARTS) is 1. The molecule has 2 aliphatic rings. The number of amides is 2. The fraction of sp³-hybridized carbons (Fsp3) is 0.565. The van der Waals surface area contributed by atoms with Crippen LogP contribution in [-0.4, -0.2) is 77.6 Å². The van der Waals surface area contributed by atoms with Crippen LogP contribution in [0, 0.1) is 5.92 Å². The third kappa shape index (κ3) is 5.60. The first-order valence-electron chi connectivity index (χ1n) is 10.5. The van der Waals surface area contributed by atoms with Gasteiger partial charge in [-0.05, 0) is 31.7 Å². The van der Waals surface area contributed by atoms with Gasteiger partial charge in [0, 0.05) is 58.2 Å². The van der Waals surface area contributed by atoms with E-state index in [1.165, 1.54) is 5.57 Å². The zero-order valence-corrected chi connectivity index (χ0v) is 17.8. The van der Waals surface area contributed by atoms with Crippen molar-refractivity contribution in [2.75, 3.05) is 33.7 Å². The summed E-state index contributed by atoms with van der Waals surface area (Å²) in [6, 6.07) is 10.4. The Morgan fingerprint density at radius 3 is 2.41 bits per heavy atom. The summed E-state index contributed by atoms with van der Waals surface area (Å²) in [4.78, 5) is 29.4. The lowest BCUT2D eigenvalue weighted by molar-refractivity contribution is -0.129. The van der Waals surface area contributed by atoms with Crippen molar-refractivity contribution < 1.29 is 14.7 Å². The van der Waals surface area contributed by atoms with Gasteiger partial charge in [0.25, 0.3) is 0 Å². The van der Waals surface area contributed by atoms with Crippen LogP contribution in [0.3, 0.4) is 0 Å². The highest BCUT2D eigenvalue weighted by molar-refractivity contribution is 5.75. The summed E-state index contributed by atoms with van der Waals surface area (Å²) in [5, 5.41) is 9.87. The third-order valence-electron chi connectivity index (χ3n) is 6.20. The Balaban J connectivity index is 1.53. The molecule has 2 amide bonds. The maximum absolute atomic E-state index is 12.0. The van der Waals surface area contributed by atoms with E-state index in [9.17, 15) is 14.7 Å². The predicted molar refractivity (Wildman–Crippen MR) is 115 cm³/mol. The van der Waals surface area contributed by atoms with E-state index >= 15 is 0 Å². The van der Waals surface area contributed by atoms with Crippen molar-refractivity contribution in [2.45, 2.75) is 44.7 Å². The van der Waals surface area contributed by atoms with E-state index in [0.717, 1.165) is 44.5 Å². The van der Waals surface area contributed by atoms with E-state index < -0.39 is 6.09 Å². The molecule has 6 nitrogen and oxygen atoms in total. The highest BCUT2D eigenvalue weighted by Gasteiger charge is 2.47. The molecule has 2 atom stereocenters. The second-order valence-electron chi connectivity index (χ2n) is 8.51. The average Bonchev–Trinajstić information content (AvgIpc) is 3.48. The van der Waals surface area contributed by atoms with Gasteiger partial charge in [0.15, 0.2) is 0 Å². The van der Waals surface area contributed by atoms with Gasteiger partial charge in [0.2, 0.25) is 5.91 Å². The molecule has 0 radical (unpaired) electrons. The van der Waals surface area contributed by atoms with Gasteiger partial charge in [0.05, 0.1) is 0 Å². The van der Waals surface area contributed by atoms with Crippen molar-refractivity contribution in [3.05, 3.63) is 41.5 Å². The van der Waals surface area contributed by atoms with Crippen molar-refractivity contribution in [3.63, 3.8) is 0 Å². The molecule has 2 fully saturated rings. The number of rotatable bonds is 7. The highest BCUT2D eigenvalue weighted by atomic mass is 16.4. The minimum Gasteiger partial charge on any atom is -0.465 e. The van der Waals surface area contributed by atoms with E-state index in [2.05, 4.69) is 30.0 Å². The van der Waals surface area contributed by atoms with Crippen LogP contribution in [0.5, 0.6) is 0 Å². The van der Waals surface area contributed by atoms with E-state index in [1.807, 2.05) is 18.2 Å². The molecule has 158 valence electrons. The lowest BCUT2D eigenvalue weighted by Crippen LogP contribution is -2.48. The molecule has 1 saturated heterocycles. The molecule has 3 rings (SSSR count). The lowest BCUT2D eigenvalue weighted by atomic mass is 10.0. The Kier molecular flexibility index (Phi) is 6.96. The van der Waals surface area contributed by atoms with Crippen LogP contribution in [0.1, 0.15) is 38.2 Å². The molecule has 1 saturated carbocycles. The first-order valence-corrected chi connectivity index (χ1v) is 10.5. The number of carbonyl (C=O) groups excluding carboxylic acids is 1. The van der Waals surface area contributed by atoms with Crippen molar-refractivity contribution in [1.29, 1.82) is 0 Å². The molecule has 1 aliphatic carbocycles. The molecule has 6 heteroatoms. The maximum atomic E-state index is 12.0. The lowest BCUT2D eigenvalue weighted by Gasteiger charge is -2.37. The van der Waals surface area contributed by atoms with Gasteiger partial charge in [-0.25, -0.2) is 4.79 Å².